The molecule has 0 radical (unpaired) electrons. The minimum Gasteiger partial charge on any atom is -0.342 e. The summed E-state index contributed by atoms with van der Waals surface area (Å²) in [5.41, 5.74) is 3.17. The maximum Gasteiger partial charge on any atom is 0.132 e. The Morgan fingerprint density at radius 1 is 0.852 bits per heavy atom. The monoisotopic (exact) mass is 397 g/mol. The van der Waals surface area contributed by atoms with Crippen LogP contribution in [0.25, 0.3) is 0 Å². The van der Waals surface area contributed by atoms with Crippen LogP contribution in [0.2, 0.25) is 10.0 Å². The van der Waals surface area contributed by atoms with Crippen molar-refractivity contribution in [3.05, 3.63) is 93.7 Å². The molecule has 0 bridgehead atoms. The first-order valence-corrected chi connectivity index (χ1v) is 9.05. The summed E-state index contributed by atoms with van der Waals surface area (Å²) in [6, 6.07) is 19.2. The van der Waals surface area contributed by atoms with Crippen molar-refractivity contribution in [2.45, 2.75) is 0 Å². The van der Waals surface area contributed by atoms with Gasteiger partial charge >= 0.3 is 0 Å². The van der Waals surface area contributed by atoms with Crippen LogP contribution >= 0.6 is 23.2 Å². The van der Waals surface area contributed by atoms with E-state index in [0.29, 0.717) is 38.4 Å². The molecule has 0 aliphatic carbocycles. The standard InChI is InChI=1S/C21H14Cl2FN3/c22-13-5-8-15(9-6-13)26-20-12-25-21(16-3-1-2-4-18(16)24)17-11-14(23)7-10-19(17)27-20/h1-11H,12H2,(H,26,27). The van der Waals surface area contributed by atoms with Crippen molar-refractivity contribution in [1.82, 2.24) is 0 Å². The zero-order chi connectivity index (χ0) is 18.8. The van der Waals surface area contributed by atoms with E-state index < -0.39 is 0 Å². The molecule has 1 aliphatic rings. The molecule has 6 heteroatoms. The second kappa shape index (κ2) is 7.51. The summed E-state index contributed by atoms with van der Waals surface area (Å²) in [4.78, 5) is 9.31. The van der Waals surface area contributed by atoms with E-state index in [4.69, 9.17) is 23.2 Å². The highest BCUT2D eigenvalue weighted by Gasteiger charge is 2.19. The summed E-state index contributed by atoms with van der Waals surface area (Å²) in [7, 11) is 0. The van der Waals surface area contributed by atoms with Crippen LogP contribution in [0.1, 0.15) is 11.1 Å². The normalized spacial score (nSPS) is 13.3. The second-order valence-corrected chi connectivity index (χ2v) is 6.87. The Hall–Kier alpha value is -2.69. The SMILES string of the molecule is Fc1ccccc1C1=NCC(Nc2ccc(Cl)cc2)=Nc2ccc(Cl)cc21. The van der Waals surface area contributed by atoms with Gasteiger partial charge in [-0.1, -0.05) is 35.3 Å². The summed E-state index contributed by atoms with van der Waals surface area (Å²) >= 11 is 12.1. The van der Waals surface area contributed by atoms with Crippen molar-refractivity contribution >= 4 is 46.1 Å². The van der Waals surface area contributed by atoms with Crippen LogP contribution in [0.4, 0.5) is 15.8 Å². The van der Waals surface area contributed by atoms with Crippen LogP contribution in [0.5, 0.6) is 0 Å². The molecule has 4 rings (SSSR count). The maximum absolute atomic E-state index is 14.4. The van der Waals surface area contributed by atoms with Gasteiger partial charge in [0, 0.05) is 26.9 Å². The Morgan fingerprint density at radius 2 is 1.59 bits per heavy atom. The number of aliphatic imine (C=N–C) groups is 2. The lowest BCUT2D eigenvalue weighted by atomic mass is 10.0. The topological polar surface area (TPSA) is 36.8 Å². The number of halogens is 3. The van der Waals surface area contributed by atoms with Gasteiger partial charge in [-0.25, -0.2) is 9.38 Å². The van der Waals surface area contributed by atoms with Gasteiger partial charge < -0.3 is 5.32 Å². The zero-order valence-electron chi connectivity index (χ0n) is 14.1. The fourth-order valence-electron chi connectivity index (χ4n) is 2.87. The quantitative estimate of drug-likeness (QED) is 0.554. The Kier molecular flexibility index (Phi) is 4.92. The van der Waals surface area contributed by atoms with Crippen LogP contribution in [0.15, 0.2) is 76.7 Å². The molecule has 3 aromatic carbocycles. The molecule has 0 saturated carbocycles. The summed E-state index contributed by atoms with van der Waals surface area (Å²) in [6.45, 7) is 0.276. The second-order valence-electron chi connectivity index (χ2n) is 6.00. The molecule has 3 aromatic rings. The van der Waals surface area contributed by atoms with Crippen molar-refractivity contribution < 1.29 is 4.39 Å². The van der Waals surface area contributed by atoms with Crippen molar-refractivity contribution in [3.8, 4) is 0 Å². The fraction of sp³-hybridized carbons (Fsp3) is 0.0476. The Morgan fingerprint density at radius 3 is 2.37 bits per heavy atom. The third-order valence-corrected chi connectivity index (χ3v) is 4.60. The molecule has 0 fully saturated rings. The molecule has 1 N–H and O–H groups in total. The number of hydrogen-bond acceptors (Lipinski definition) is 3. The molecule has 0 unspecified atom stereocenters. The molecular formula is C21H14Cl2FN3. The van der Waals surface area contributed by atoms with Crippen LogP contribution in [-0.4, -0.2) is 18.1 Å². The summed E-state index contributed by atoms with van der Waals surface area (Å²) in [6.07, 6.45) is 0. The Balaban J connectivity index is 1.77. The lowest BCUT2D eigenvalue weighted by Gasteiger charge is -2.09. The number of anilines is 1. The van der Waals surface area contributed by atoms with Crippen molar-refractivity contribution in [3.63, 3.8) is 0 Å². The predicted molar refractivity (Wildman–Crippen MR) is 111 cm³/mol. The van der Waals surface area contributed by atoms with Gasteiger partial charge in [0.15, 0.2) is 0 Å². The number of amidine groups is 1. The molecule has 0 saturated heterocycles. The van der Waals surface area contributed by atoms with E-state index in [9.17, 15) is 4.39 Å². The number of nitrogens with zero attached hydrogens (tertiary/aromatic N) is 2. The maximum atomic E-state index is 14.4. The van der Waals surface area contributed by atoms with Crippen LogP contribution in [0.3, 0.4) is 0 Å². The van der Waals surface area contributed by atoms with Gasteiger partial charge in [-0.3, -0.25) is 4.99 Å². The fourth-order valence-corrected chi connectivity index (χ4v) is 3.16. The highest BCUT2D eigenvalue weighted by atomic mass is 35.5. The number of hydrogen-bond donors (Lipinski definition) is 1. The van der Waals surface area contributed by atoms with Gasteiger partial charge in [-0.05, 0) is 54.6 Å². The highest BCUT2D eigenvalue weighted by molar-refractivity contribution is 6.32. The number of rotatable bonds is 2. The van der Waals surface area contributed by atoms with Crippen molar-refractivity contribution in [1.29, 1.82) is 0 Å². The van der Waals surface area contributed by atoms with E-state index in [0.717, 1.165) is 5.69 Å². The molecule has 0 atom stereocenters. The molecule has 0 spiro atoms. The van der Waals surface area contributed by atoms with Gasteiger partial charge in [0.1, 0.15) is 11.7 Å². The summed E-state index contributed by atoms with van der Waals surface area (Å²) < 4.78 is 14.4. The first kappa shape index (κ1) is 17.7. The minimum atomic E-state index is -0.337. The first-order valence-electron chi connectivity index (χ1n) is 8.29. The highest BCUT2D eigenvalue weighted by Crippen LogP contribution is 2.29. The van der Waals surface area contributed by atoms with Gasteiger partial charge in [0.25, 0.3) is 0 Å². The molecule has 0 amide bonds. The van der Waals surface area contributed by atoms with E-state index in [1.807, 2.05) is 18.2 Å². The van der Waals surface area contributed by atoms with Gasteiger partial charge in [-0.2, -0.15) is 0 Å². The third-order valence-electron chi connectivity index (χ3n) is 4.12. The van der Waals surface area contributed by atoms with Crippen LogP contribution in [-0.2, 0) is 0 Å². The van der Waals surface area contributed by atoms with Crippen LogP contribution in [0, 0.1) is 5.82 Å². The van der Waals surface area contributed by atoms with Gasteiger partial charge in [0.05, 0.1) is 17.9 Å². The Labute approximate surface area is 166 Å². The average Bonchev–Trinajstić information content (AvgIpc) is 2.83. The Bertz CT molecular complexity index is 1060. The van der Waals surface area contributed by atoms with Crippen LogP contribution < -0.4 is 5.32 Å². The number of fused-ring (bicyclic) bond motifs is 1. The summed E-state index contributed by atoms with van der Waals surface area (Å²) in [5, 5.41) is 4.45. The van der Waals surface area contributed by atoms with E-state index in [1.165, 1.54) is 6.07 Å². The van der Waals surface area contributed by atoms with E-state index in [1.54, 1.807) is 42.5 Å². The number of nitrogens with one attached hydrogen (secondary N) is 1. The van der Waals surface area contributed by atoms with E-state index >= 15 is 0 Å². The van der Waals surface area contributed by atoms with Crippen molar-refractivity contribution in [2.75, 3.05) is 11.9 Å². The summed E-state index contributed by atoms with van der Waals surface area (Å²) in [5.74, 6) is 0.309. The molecule has 3 nitrogen and oxygen atoms in total. The van der Waals surface area contributed by atoms with E-state index in [2.05, 4.69) is 15.3 Å². The lowest BCUT2D eigenvalue weighted by molar-refractivity contribution is 0.625. The van der Waals surface area contributed by atoms with E-state index in [-0.39, 0.29) is 12.4 Å². The minimum absolute atomic E-state index is 0.276. The van der Waals surface area contributed by atoms with Crippen molar-refractivity contribution in [2.24, 2.45) is 9.98 Å². The zero-order valence-corrected chi connectivity index (χ0v) is 15.6. The molecule has 134 valence electrons. The third kappa shape index (κ3) is 3.87. The predicted octanol–water partition coefficient (Wildman–Crippen LogP) is 6.13. The molecule has 1 aliphatic heterocycles. The molecular weight excluding hydrogens is 384 g/mol. The molecule has 0 aromatic heterocycles. The van der Waals surface area contributed by atoms with Gasteiger partial charge in [0.2, 0.25) is 0 Å². The first-order chi connectivity index (χ1) is 13.1. The average molecular weight is 398 g/mol. The lowest BCUT2D eigenvalue weighted by Crippen LogP contribution is -2.15. The smallest absolute Gasteiger partial charge is 0.132 e. The molecule has 1 heterocycles. The number of benzene rings is 3. The largest absolute Gasteiger partial charge is 0.342 e. The molecule has 27 heavy (non-hydrogen) atoms. The van der Waals surface area contributed by atoms with Gasteiger partial charge in [-0.15, -0.1) is 0 Å².